The highest BCUT2D eigenvalue weighted by atomic mass is 32.1. The Morgan fingerprint density at radius 2 is 2.44 bits per heavy atom. The van der Waals surface area contributed by atoms with Gasteiger partial charge in [0.15, 0.2) is 5.13 Å². The first-order valence-electron chi connectivity index (χ1n) is 5.48. The number of nitrogens with zero attached hydrogens (tertiary/aromatic N) is 2. The van der Waals surface area contributed by atoms with Crippen LogP contribution in [0.3, 0.4) is 0 Å². The molecule has 1 fully saturated rings. The average Bonchev–Trinajstić information content (AvgIpc) is 2.62. The van der Waals surface area contributed by atoms with Gasteiger partial charge in [-0.25, -0.2) is 4.98 Å². The van der Waals surface area contributed by atoms with Gasteiger partial charge >= 0.3 is 0 Å². The highest BCUT2D eigenvalue weighted by Gasteiger charge is 2.32. The SMILES string of the molecule is CC1CN(c2ncc(CO)s2)CC(C)(C)O1. The summed E-state index contributed by atoms with van der Waals surface area (Å²) in [6.07, 6.45) is 1.96. The molecule has 0 bridgehead atoms. The van der Waals surface area contributed by atoms with Gasteiger partial charge in [-0.15, -0.1) is 0 Å². The Hall–Kier alpha value is -0.650. The summed E-state index contributed by atoms with van der Waals surface area (Å²) in [5.41, 5.74) is -0.136. The molecule has 2 rings (SSSR count). The molecule has 1 aromatic heterocycles. The summed E-state index contributed by atoms with van der Waals surface area (Å²) in [5.74, 6) is 0. The second kappa shape index (κ2) is 4.31. The van der Waals surface area contributed by atoms with Gasteiger partial charge in [0.2, 0.25) is 0 Å². The first-order chi connectivity index (χ1) is 7.50. The Morgan fingerprint density at radius 3 is 3.00 bits per heavy atom. The maximum absolute atomic E-state index is 9.03. The molecule has 1 unspecified atom stereocenters. The fraction of sp³-hybridized carbons (Fsp3) is 0.727. The topological polar surface area (TPSA) is 45.6 Å². The van der Waals surface area contributed by atoms with Gasteiger partial charge in [-0.2, -0.15) is 0 Å². The third-order valence-electron chi connectivity index (χ3n) is 2.54. The summed E-state index contributed by atoms with van der Waals surface area (Å²) in [5, 5.41) is 10.0. The van der Waals surface area contributed by atoms with Crippen LogP contribution < -0.4 is 4.90 Å². The Balaban J connectivity index is 2.14. The maximum atomic E-state index is 9.03. The van der Waals surface area contributed by atoms with Crippen LogP contribution in [0, 0.1) is 0 Å². The zero-order valence-electron chi connectivity index (χ0n) is 9.93. The average molecular weight is 242 g/mol. The molecule has 0 saturated carbocycles. The van der Waals surface area contributed by atoms with Gasteiger partial charge in [-0.1, -0.05) is 11.3 Å². The lowest BCUT2D eigenvalue weighted by Gasteiger charge is -2.41. The van der Waals surface area contributed by atoms with E-state index in [-0.39, 0.29) is 18.3 Å². The molecule has 5 heteroatoms. The first-order valence-corrected chi connectivity index (χ1v) is 6.30. The predicted octanol–water partition coefficient (Wildman–Crippen LogP) is 1.64. The van der Waals surface area contributed by atoms with Gasteiger partial charge in [0.1, 0.15) is 0 Å². The quantitative estimate of drug-likeness (QED) is 0.856. The number of hydrogen-bond donors (Lipinski definition) is 1. The highest BCUT2D eigenvalue weighted by Crippen LogP contribution is 2.29. The van der Waals surface area contributed by atoms with E-state index in [2.05, 4.69) is 30.7 Å². The molecule has 2 heterocycles. The first kappa shape index (κ1) is 11.8. The summed E-state index contributed by atoms with van der Waals surface area (Å²) in [4.78, 5) is 7.48. The second-order valence-electron chi connectivity index (χ2n) is 4.84. The van der Waals surface area contributed by atoms with Crippen molar-refractivity contribution in [3.63, 3.8) is 0 Å². The fourth-order valence-electron chi connectivity index (χ4n) is 2.12. The molecule has 0 spiro atoms. The van der Waals surface area contributed by atoms with Crippen molar-refractivity contribution < 1.29 is 9.84 Å². The molecule has 0 aromatic carbocycles. The third-order valence-corrected chi connectivity index (χ3v) is 3.58. The lowest BCUT2D eigenvalue weighted by Crippen LogP contribution is -2.52. The van der Waals surface area contributed by atoms with Crippen molar-refractivity contribution in [1.29, 1.82) is 0 Å². The van der Waals surface area contributed by atoms with Crippen LogP contribution in [-0.2, 0) is 11.3 Å². The minimum absolute atomic E-state index is 0.0704. The molecule has 4 nitrogen and oxygen atoms in total. The van der Waals surface area contributed by atoms with Crippen LogP contribution >= 0.6 is 11.3 Å². The lowest BCUT2D eigenvalue weighted by atomic mass is 10.1. The number of aliphatic hydroxyl groups excluding tert-OH is 1. The normalized spacial score (nSPS) is 24.8. The zero-order valence-corrected chi connectivity index (χ0v) is 10.8. The van der Waals surface area contributed by atoms with Crippen molar-refractivity contribution in [2.45, 2.75) is 39.1 Å². The van der Waals surface area contributed by atoms with Crippen LogP contribution in [0.2, 0.25) is 0 Å². The van der Waals surface area contributed by atoms with Crippen LogP contribution in [0.15, 0.2) is 6.20 Å². The molecule has 1 saturated heterocycles. The van der Waals surface area contributed by atoms with Crippen LogP contribution in [0.4, 0.5) is 5.13 Å². The molecular weight excluding hydrogens is 224 g/mol. The third kappa shape index (κ3) is 2.53. The van der Waals surface area contributed by atoms with Gasteiger partial charge < -0.3 is 14.7 Å². The molecule has 90 valence electrons. The van der Waals surface area contributed by atoms with E-state index in [1.165, 1.54) is 0 Å². The largest absolute Gasteiger partial charge is 0.391 e. The van der Waals surface area contributed by atoms with Crippen molar-refractivity contribution in [3.05, 3.63) is 11.1 Å². The maximum Gasteiger partial charge on any atom is 0.185 e. The van der Waals surface area contributed by atoms with Crippen LogP contribution in [0.5, 0.6) is 0 Å². The van der Waals surface area contributed by atoms with E-state index in [1.807, 2.05) is 0 Å². The number of hydrogen-bond acceptors (Lipinski definition) is 5. The smallest absolute Gasteiger partial charge is 0.185 e. The summed E-state index contributed by atoms with van der Waals surface area (Å²) in [6, 6.07) is 0. The number of morpholine rings is 1. The molecule has 1 N–H and O–H groups in total. The molecule has 1 atom stereocenters. The molecule has 0 radical (unpaired) electrons. The standard InChI is InChI=1S/C11H18N2O2S/c1-8-5-13(7-11(2,3)15-8)10-12-4-9(6-14)16-10/h4,8,14H,5-7H2,1-3H3. The van der Waals surface area contributed by atoms with Crippen LogP contribution in [0.1, 0.15) is 25.6 Å². The van der Waals surface area contributed by atoms with Crippen molar-refractivity contribution in [2.75, 3.05) is 18.0 Å². The van der Waals surface area contributed by atoms with Crippen molar-refractivity contribution >= 4 is 16.5 Å². The van der Waals surface area contributed by atoms with Gasteiger partial charge in [-0.3, -0.25) is 0 Å². The van der Waals surface area contributed by atoms with Gasteiger partial charge in [-0.05, 0) is 20.8 Å². The zero-order chi connectivity index (χ0) is 11.8. The van der Waals surface area contributed by atoms with Crippen LogP contribution in [-0.4, -0.2) is 34.9 Å². The number of ether oxygens (including phenoxy) is 1. The van der Waals surface area contributed by atoms with E-state index < -0.39 is 0 Å². The molecule has 1 aliphatic rings. The van der Waals surface area contributed by atoms with E-state index >= 15 is 0 Å². The van der Waals surface area contributed by atoms with Gasteiger partial charge in [0.05, 0.1) is 23.2 Å². The molecule has 0 aliphatic carbocycles. The number of thiazole rings is 1. The second-order valence-corrected chi connectivity index (χ2v) is 5.93. The Morgan fingerprint density at radius 1 is 1.69 bits per heavy atom. The Labute approximate surface area is 99.9 Å². The minimum Gasteiger partial charge on any atom is -0.391 e. The summed E-state index contributed by atoms with van der Waals surface area (Å²) in [6.45, 7) is 8.04. The highest BCUT2D eigenvalue weighted by molar-refractivity contribution is 7.15. The Bertz CT molecular complexity index is 365. The molecule has 1 aromatic rings. The minimum atomic E-state index is -0.136. The number of anilines is 1. The van der Waals surface area contributed by atoms with Crippen molar-refractivity contribution in [3.8, 4) is 0 Å². The Kier molecular flexibility index (Phi) is 3.19. The van der Waals surface area contributed by atoms with Crippen LogP contribution in [0.25, 0.3) is 0 Å². The molecule has 0 amide bonds. The predicted molar refractivity (Wildman–Crippen MR) is 64.9 cm³/mol. The van der Waals surface area contributed by atoms with E-state index in [0.717, 1.165) is 23.1 Å². The summed E-state index contributed by atoms with van der Waals surface area (Å²) in [7, 11) is 0. The van der Waals surface area contributed by atoms with Gasteiger partial charge in [0.25, 0.3) is 0 Å². The van der Waals surface area contributed by atoms with Crippen molar-refractivity contribution in [1.82, 2.24) is 4.98 Å². The van der Waals surface area contributed by atoms with Crippen molar-refractivity contribution in [2.24, 2.45) is 0 Å². The molecular formula is C11H18N2O2S. The number of aliphatic hydroxyl groups is 1. The molecule has 16 heavy (non-hydrogen) atoms. The lowest BCUT2D eigenvalue weighted by molar-refractivity contribution is -0.0749. The summed E-state index contributed by atoms with van der Waals surface area (Å²) >= 11 is 1.55. The van der Waals surface area contributed by atoms with Gasteiger partial charge in [0, 0.05) is 19.3 Å². The van der Waals surface area contributed by atoms with E-state index in [9.17, 15) is 0 Å². The number of aromatic nitrogens is 1. The van der Waals surface area contributed by atoms with E-state index in [1.54, 1.807) is 17.5 Å². The number of rotatable bonds is 2. The molecule has 1 aliphatic heterocycles. The summed E-state index contributed by atoms with van der Waals surface area (Å²) < 4.78 is 5.84. The monoisotopic (exact) mass is 242 g/mol. The fourth-order valence-corrected chi connectivity index (χ4v) is 2.89. The van der Waals surface area contributed by atoms with E-state index in [4.69, 9.17) is 9.84 Å². The van der Waals surface area contributed by atoms with E-state index in [0.29, 0.717) is 0 Å².